The average molecular weight is 416 g/mol. The van der Waals surface area contributed by atoms with Crippen LogP contribution in [0.15, 0.2) is 42.9 Å². The highest BCUT2D eigenvalue weighted by molar-refractivity contribution is 5.78. The van der Waals surface area contributed by atoms with Crippen molar-refractivity contribution in [2.24, 2.45) is 11.8 Å². The van der Waals surface area contributed by atoms with Crippen LogP contribution in [0.2, 0.25) is 0 Å². The first-order valence-electron chi connectivity index (χ1n) is 10.8. The Morgan fingerprint density at radius 3 is 2.81 bits per heavy atom. The fourth-order valence-corrected chi connectivity index (χ4v) is 4.71. The molecule has 0 N–H and O–H groups in total. The minimum absolute atomic E-state index is 0.0122. The Hall–Kier alpha value is -3.31. The molecule has 158 valence electrons. The number of carbonyl (C=O) groups excluding carboxylic acids is 1. The van der Waals surface area contributed by atoms with Gasteiger partial charge in [0, 0.05) is 31.3 Å². The first-order chi connectivity index (χ1) is 15.2. The highest BCUT2D eigenvalue weighted by Crippen LogP contribution is 2.36. The summed E-state index contributed by atoms with van der Waals surface area (Å²) in [7, 11) is 0. The topological polar surface area (TPSA) is 96.9 Å². The summed E-state index contributed by atoms with van der Waals surface area (Å²) in [5.41, 5.74) is 3.12. The van der Waals surface area contributed by atoms with Crippen LogP contribution in [0.25, 0.3) is 11.0 Å². The van der Waals surface area contributed by atoms with Crippen LogP contribution in [0.1, 0.15) is 49.4 Å². The van der Waals surface area contributed by atoms with Gasteiger partial charge in [-0.15, -0.1) is 0 Å². The second kappa shape index (κ2) is 8.44. The maximum Gasteiger partial charge on any atom is 0.249 e. The number of nitriles is 1. The zero-order valence-corrected chi connectivity index (χ0v) is 17.2. The number of hydrogen-bond donors (Lipinski definition) is 0. The molecule has 0 spiro atoms. The average Bonchev–Trinajstić information content (AvgIpc) is 3.47. The van der Waals surface area contributed by atoms with E-state index in [0.29, 0.717) is 18.1 Å². The Morgan fingerprint density at radius 1 is 1.16 bits per heavy atom. The van der Waals surface area contributed by atoms with Crippen LogP contribution in [0.3, 0.4) is 0 Å². The molecule has 5 rings (SSSR count). The van der Waals surface area contributed by atoms with E-state index in [-0.39, 0.29) is 17.9 Å². The fourth-order valence-electron chi connectivity index (χ4n) is 4.71. The van der Waals surface area contributed by atoms with E-state index >= 15 is 0 Å². The van der Waals surface area contributed by atoms with Crippen molar-refractivity contribution >= 4 is 16.9 Å². The molecule has 3 aromatic heterocycles. The molecule has 1 atom stereocenters. The molecule has 2 aliphatic rings. The number of pyridine rings is 2. The van der Waals surface area contributed by atoms with E-state index in [1.165, 1.54) is 0 Å². The summed E-state index contributed by atoms with van der Waals surface area (Å²) in [6.45, 7) is 1.32. The van der Waals surface area contributed by atoms with Crippen LogP contribution in [0, 0.1) is 23.2 Å². The van der Waals surface area contributed by atoms with Crippen molar-refractivity contribution in [1.29, 1.82) is 5.26 Å². The van der Waals surface area contributed by atoms with E-state index in [1.54, 1.807) is 23.7 Å². The van der Waals surface area contributed by atoms with E-state index in [0.717, 1.165) is 55.4 Å². The third-order valence-corrected chi connectivity index (χ3v) is 6.40. The normalized spacial score (nSPS) is 23.7. The number of hydroxylamine groups is 2. The lowest BCUT2D eigenvalue weighted by Crippen LogP contribution is -2.37. The van der Waals surface area contributed by atoms with Gasteiger partial charge in [-0.05, 0) is 49.8 Å². The second-order valence-electron chi connectivity index (χ2n) is 8.34. The molecule has 0 unspecified atom stereocenters. The molecule has 1 saturated heterocycles. The van der Waals surface area contributed by atoms with Gasteiger partial charge in [-0.2, -0.15) is 10.4 Å². The molecule has 8 nitrogen and oxygen atoms in total. The second-order valence-corrected chi connectivity index (χ2v) is 8.34. The van der Waals surface area contributed by atoms with Crippen molar-refractivity contribution in [3.05, 3.63) is 54.1 Å². The minimum atomic E-state index is -0.0938. The first-order valence-corrected chi connectivity index (χ1v) is 10.8. The van der Waals surface area contributed by atoms with Crippen molar-refractivity contribution in [1.82, 2.24) is 24.8 Å². The smallest absolute Gasteiger partial charge is 0.249 e. The lowest BCUT2D eigenvalue weighted by atomic mass is 9.81. The van der Waals surface area contributed by atoms with Gasteiger partial charge in [0.05, 0.1) is 29.6 Å². The molecular formula is C23H24N6O2. The molecule has 8 heteroatoms. The Kier molecular flexibility index (Phi) is 5.35. The van der Waals surface area contributed by atoms with Crippen LogP contribution in [0.5, 0.6) is 0 Å². The predicted molar refractivity (Wildman–Crippen MR) is 112 cm³/mol. The summed E-state index contributed by atoms with van der Waals surface area (Å²) in [5.74, 6) is 0.518. The molecular weight excluding hydrogens is 392 g/mol. The van der Waals surface area contributed by atoms with E-state index in [9.17, 15) is 4.79 Å². The Labute approximate surface area is 180 Å². The zero-order chi connectivity index (χ0) is 21.2. The molecule has 3 aromatic rings. The summed E-state index contributed by atoms with van der Waals surface area (Å²) >= 11 is 0. The maximum absolute atomic E-state index is 13.2. The molecule has 2 fully saturated rings. The van der Waals surface area contributed by atoms with E-state index in [4.69, 9.17) is 10.1 Å². The third-order valence-electron chi connectivity index (χ3n) is 6.40. The molecule has 31 heavy (non-hydrogen) atoms. The largest absolute Gasteiger partial charge is 0.272 e. The van der Waals surface area contributed by atoms with Crippen molar-refractivity contribution in [3.63, 3.8) is 0 Å². The summed E-state index contributed by atoms with van der Waals surface area (Å²) in [5, 5.41) is 15.2. The van der Waals surface area contributed by atoms with Crippen LogP contribution in [0.4, 0.5) is 0 Å². The van der Waals surface area contributed by atoms with Gasteiger partial charge in [-0.25, -0.2) is 5.06 Å². The molecule has 1 aliphatic carbocycles. The van der Waals surface area contributed by atoms with Crippen LogP contribution < -0.4 is 0 Å². The van der Waals surface area contributed by atoms with Crippen molar-refractivity contribution in [3.8, 4) is 6.07 Å². The van der Waals surface area contributed by atoms with Crippen molar-refractivity contribution < 1.29 is 9.63 Å². The Balaban J connectivity index is 1.22. The number of aromatic nitrogens is 4. The molecule has 0 bridgehead atoms. The van der Waals surface area contributed by atoms with Crippen LogP contribution in [-0.2, 0) is 16.2 Å². The summed E-state index contributed by atoms with van der Waals surface area (Å²) in [6.07, 6.45) is 9.48. The predicted octanol–water partition coefficient (Wildman–Crippen LogP) is 3.41. The number of hydrogen-bond acceptors (Lipinski definition) is 6. The van der Waals surface area contributed by atoms with Crippen molar-refractivity contribution in [2.45, 2.75) is 44.7 Å². The van der Waals surface area contributed by atoms with Gasteiger partial charge in [-0.3, -0.25) is 24.3 Å². The standard InChI is InChI=1S/C23H24N6O2/c24-12-17-11-22-20(26-13-17)14-27-28(22)15-16-4-6-18(7-5-16)23(30)29-21(8-10-31-29)19-3-1-2-9-25-19/h1-3,9,11,13-14,16,18,21H,4-8,10,15H2/t16?,18?,21-/m0/s1. The molecule has 4 heterocycles. The summed E-state index contributed by atoms with van der Waals surface area (Å²) in [6, 6.07) is 9.67. The number of nitrogens with zero attached hydrogens (tertiary/aromatic N) is 6. The monoisotopic (exact) mass is 416 g/mol. The summed E-state index contributed by atoms with van der Waals surface area (Å²) in [4.78, 5) is 27.6. The van der Waals surface area contributed by atoms with Crippen molar-refractivity contribution in [2.75, 3.05) is 6.61 Å². The number of carbonyl (C=O) groups is 1. The van der Waals surface area contributed by atoms with E-state index in [2.05, 4.69) is 21.1 Å². The minimum Gasteiger partial charge on any atom is -0.272 e. The van der Waals surface area contributed by atoms with E-state index in [1.807, 2.05) is 28.9 Å². The maximum atomic E-state index is 13.2. The van der Waals surface area contributed by atoms with Gasteiger partial charge in [0.1, 0.15) is 17.6 Å². The number of rotatable bonds is 4. The molecule has 1 aliphatic heterocycles. The lowest BCUT2D eigenvalue weighted by Gasteiger charge is -2.31. The SMILES string of the molecule is N#Cc1cnc2cnn(CC3CCC(C(=O)N4OCC[C@H]4c4ccccn4)CC3)c2c1. The lowest BCUT2D eigenvalue weighted by molar-refractivity contribution is -0.183. The molecule has 1 amide bonds. The van der Waals surface area contributed by atoms with Crippen LogP contribution >= 0.6 is 0 Å². The zero-order valence-electron chi connectivity index (χ0n) is 17.2. The van der Waals surface area contributed by atoms with Gasteiger partial charge in [0.25, 0.3) is 0 Å². The van der Waals surface area contributed by atoms with Gasteiger partial charge < -0.3 is 0 Å². The van der Waals surface area contributed by atoms with Gasteiger partial charge in [-0.1, -0.05) is 6.07 Å². The molecule has 1 saturated carbocycles. The van der Waals surface area contributed by atoms with Gasteiger partial charge >= 0.3 is 0 Å². The highest BCUT2D eigenvalue weighted by Gasteiger charge is 2.37. The fraction of sp³-hybridized carbons (Fsp3) is 0.435. The third kappa shape index (κ3) is 3.89. The summed E-state index contributed by atoms with van der Waals surface area (Å²) < 4.78 is 1.94. The van der Waals surface area contributed by atoms with Crippen LogP contribution in [-0.4, -0.2) is 37.3 Å². The van der Waals surface area contributed by atoms with Gasteiger partial charge in [0.15, 0.2) is 0 Å². The number of fused-ring (bicyclic) bond motifs is 1. The van der Waals surface area contributed by atoms with E-state index < -0.39 is 0 Å². The first kappa shape index (κ1) is 19.6. The van der Waals surface area contributed by atoms with Gasteiger partial charge in [0.2, 0.25) is 5.91 Å². The quantitative estimate of drug-likeness (QED) is 0.647. The molecule has 0 aromatic carbocycles. The molecule has 0 radical (unpaired) electrons. The Morgan fingerprint density at radius 2 is 2.03 bits per heavy atom. The highest BCUT2D eigenvalue weighted by atomic mass is 16.7. The Bertz CT molecular complexity index is 1110. The number of amides is 1.